The van der Waals surface area contributed by atoms with Crippen LogP contribution in [-0.2, 0) is 16.0 Å². The Kier molecular flexibility index (Phi) is 8.08. The lowest BCUT2D eigenvalue weighted by molar-refractivity contribution is -0.142. The molecule has 2 amide bonds. The summed E-state index contributed by atoms with van der Waals surface area (Å²) in [6.07, 6.45) is 4.46. The highest BCUT2D eigenvalue weighted by molar-refractivity contribution is 7.10. The molecule has 0 saturated carbocycles. The van der Waals surface area contributed by atoms with Gasteiger partial charge in [-0.1, -0.05) is 63.9 Å². The minimum Gasteiger partial charge on any atom is -0.333 e. The second-order valence-electron chi connectivity index (χ2n) is 8.57. The summed E-state index contributed by atoms with van der Waals surface area (Å²) in [5.74, 6) is 0.489. The summed E-state index contributed by atoms with van der Waals surface area (Å²) in [4.78, 5) is 31.4. The molecule has 0 spiro atoms. The molecule has 1 aromatic heterocycles. The molecule has 162 valence electrons. The molecule has 3 rings (SSSR count). The van der Waals surface area contributed by atoms with Crippen LogP contribution < -0.4 is 0 Å². The normalized spacial score (nSPS) is 15.9. The van der Waals surface area contributed by atoms with Crippen LogP contribution in [0.15, 0.2) is 41.8 Å². The van der Waals surface area contributed by atoms with Crippen molar-refractivity contribution in [2.45, 2.75) is 58.9 Å². The van der Waals surface area contributed by atoms with Crippen molar-refractivity contribution in [3.8, 4) is 0 Å². The fourth-order valence-electron chi connectivity index (χ4n) is 4.21. The summed E-state index contributed by atoms with van der Waals surface area (Å²) in [5.41, 5.74) is 2.37. The smallest absolute Gasteiger partial charge is 0.242 e. The SMILES string of the molecule is CCCCCC(=O)N(CC(=O)N1CCc2sccc2C1c1ccccc1)CC(C)C. The van der Waals surface area contributed by atoms with Gasteiger partial charge in [-0.2, -0.15) is 0 Å². The number of unbranched alkanes of at least 4 members (excludes halogenated alkanes) is 2. The Labute approximate surface area is 184 Å². The molecular formula is C25H34N2O2S. The van der Waals surface area contributed by atoms with E-state index in [4.69, 9.17) is 0 Å². The standard InChI is InChI=1S/C25H34N2O2S/c1-4-5-7-12-23(28)26(17-19(2)3)18-24(29)27-15-13-22-21(14-16-30-22)25(27)20-10-8-6-9-11-20/h6,8-11,14,16,19,25H,4-5,7,12-13,15,17-18H2,1-3H3. The number of benzene rings is 1. The first-order chi connectivity index (χ1) is 14.5. The van der Waals surface area contributed by atoms with E-state index in [9.17, 15) is 9.59 Å². The van der Waals surface area contributed by atoms with Gasteiger partial charge in [-0.3, -0.25) is 9.59 Å². The van der Waals surface area contributed by atoms with Gasteiger partial charge >= 0.3 is 0 Å². The van der Waals surface area contributed by atoms with Crippen LogP contribution >= 0.6 is 11.3 Å². The molecule has 0 N–H and O–H groups in total. The Hall–Kier alpha value is -2.14. The molecule has 1 aliphatic rings. The second kappa shape index (κ2) is 10.8. The summed E-state index contributed by atoms with van der Waals surface area (Å²) in [6, 6.07) is 12.3. The monoisotopic (exact) mass is 426 g/mol. The Morgan fingerprint density at radius 2 is 1.93 bits per heavy atom. The molecule has 0 radical (unpaired) electrons. The number of carbonyl (C=O) groups is 2. The number of thiophene rings is 1. The topological polar surface area (TPSA) is 40.6 Å². The first-order valence-electron chi connectivity index (χ1n) is 11.2. The number of carbonyl (C=O) groups excluding carboxylic acids is 2. The summed E-state index contributed by atoms with van der Waals surface area (Å²) in [6.45, 7) is 7.84. The van der Waals surface area contributed by atoms with Crippen molar-refractivity contribution in [3.05, 3.63) is 57.8 Å². The highest BCUT2D eigenvalue weighted by atomic mass is 32.1. The van der Waals surface area contributed by atoms with E-state index in [1.54, 1.807) is 16.2 Å². The molecule has 0 saturated heterocycles. The molecule has 2 heterocycles. The van der Waals surface area contributed by atoms with Crippen LogP contribution in [0.1, 0.15) is 68.5 Å². The van der Waals surface area contributed by atoms with E-state index in [2.05, 4.69) is 44.4 Å². The fraction of sp³-hybridized carbons (Fsp3) is 0.520. The van der Waals surface area contributed by atoms with E-state index in [0.29, 0.717) is 25.4 Å². The molecule has 1 unspecified atom stereocenters. The van der Waals surface area contributed by atoms with Crippen molar-refractivity contribution >= 4 is 23.2 Å². The number of rotatable bonds is 9. The lowest BCUT2D eigenvalue weighted by atomic mass is 9.93. The van der Waals surface area contributed by atoms with E-state index >= 15 is 0 Å². The summed E-state index contributed by atoms with van der Waals surface area (Å²) >= 11 is 1.77. The van der Waals surface area contributed by atoms with Crippen LogP contribution in [0.4, 0.5) is 0 Å². The molecule has 0 fully saturated rings. The van der Waals surface area contributed by atoms with Crippen molar-refractivity contribution in [1.29, 1.82) is 0 Å². The van der Waals surface area contributed by atoms with Gasteiger partial charge in [0.2, 0.25) is 11.8 Å². The number of hydrogen-bond donors (Lipinski definition) is 0. The van der Waals surface area contributed by atoms with Crippen molar-refractivity contribution in [3.63, 3.8) is 0 Å². The Morgan fingerprint density at radius 1 is 1.17 bits per heavy atom. The second-order valence-corrected chi connectivity index (χ2v) is 9.58. The highest BCUT2D eigenvalue weighted by Crippen LogP contribution is 2.37. The molecule has 5 heteroatoms. The predicted octanol–water partition coefficient (Wildman–Crippen LogP) is 5.29. The van der Waals surface area contributed by atoms with Crippen LogP contribution in [0, 0.1) is 5.92 Å². The van der Waals surface area contributed by atoms with Crippen molar-refractivity contribution < 1.29 is 9.59 Å². The lowest BCUT2D eigenvalue weighted by Gasteiger charge is -2.38. The number of amides is 2. The van der Waals surface area contributed by atoms with Crippen LogP contribution in [0.25, 0.3) is 0 Å². The first kappa shape index (κ1) is 22.5. The van der Waals surface area contributed by atoms with Crippen LogP contribution in [-0.4, -0.2) is 41.2 Å². The molecule has 1 atom stereocenters. The van der Waals surface area contributed by atoms with Crippen LogP contribution in [0.2, 0.25) is 0 Å². The zero-order valence-corrected chi connectivity index (χ0v) is 19.3. The van der Waals surface area contributed by atoms with Crippen molar-refractivity contribution in [1.82, 2.24) is 9.80 Å². The molecule has 0 bridgehead atoms. The molecule has 2 aromatic rings. The molecule has 30 heavy (non-hydrogen) atoms. The van der Waals surface area contributed by atoms with Gasteiger partial charge < -0.3 is 9.80 Å². The maximum Gasteiger partial charge on any atom is 0.242 e. The molecule has 1 aliphatic heterocycles. The van der Waals surface area contributed by atoms with E-state index < -0.39 is 0 Å². The van der Waals surface area contributed by atoms with Gasteiger partial charge in [0.1, 0.15) is 0 Å². The maximum absolute atomic E-state index is 13.5. The number of nitrogens with zero attached hydrogens (tertiary/aromatic N) is 2. The van der Waals surface area contributed by atoms with Gasteiger partial charge in [0.25, 0.3) is 0 Å². The summed E-state index contributed by atoms with van der Waals surface area (Å²) in [7, 11) is 0. The van der Waals surface area contributed by atoms with Gasteiger partial charge in [-0.15, -0.1) is 11.3 Å². The molecule has 4 nitrogen and oxygen atoms in total. The average molecular weight is 427 g/mol. The van der Waals surface area contributed by atoms with Crippen molar-refractivity contribution in [2.24, 2.45) is 5.92 Å². The summed E-state index contributed by atoms with van der Waals surface area (Å²) < 4.78 is 0. The number of fused-ring (bicyclic) bond motifs is 1. The third-order valence-electron chi connectivity index (χ3n) is 5.66. The Balaban J connectivity index is 1.79. The molecular weight excluding hydrogens is 392 g/mol. The van der Waals surface area contributed by atoms with Crippen molar-refractivity contribution in [2.75, 3.05) is 19.6 Å². The minimum absolute atomic E-state index is 0.0465. The van der Waals surface area contributed by atoms with E-state index in [1.165, 1.54) is 10.4 Å². The van der Waals surface area contributed by atoms with Crippen LogP contribution in [0.3, 0.4) is 0 Å². The number of hydrogen-bond acceptors (Lipinski definition) is 3. The summed E-state index contributed by atoms with van der Waals surface area (Å²) in [5, 5.41) is 2.12. The first-order valence-corrected chi connectivity index (χ1v) is 12.1. The van der Waals surface area contributed by atoms with E-state index in [1.807, 2.05) is 23.1 Å². The van der Waals surface area contributed by atoms with E-state index in [0.717, 1.165) is 31.2 Å². The Bertz CT molecular complexity index is 831. The largest absolute Gasteiger partial charge is 0.333 e. The van der Waals surface area contributed by atoms with Gasteiger partial charge in [-0.25, -0.2) is 0 Å². The minimum atomic E-state index is -0.0650. The Morgan fingerprint density at radius 3 is 2.63 bits per heavy atom. The van der Waals surface area contributed by atoms with Gasteiger partial charge in [0.05, 0.1) is 12.6 Å². The third kappa shape index (κ3) is 5.51. The maximum atomic E-state index is 13.5. The zero-order valence-electron chi connectivity index (χ0n) is 18.5. The fourth-order valence-corrected chi connectivity index (χ4v) is 5.12. The third-order valence-corrected chi connectivity index (χ3v) is 6.66. The predicted molar refractivity (Wildman–Crippen MR) is 124 cm³/mol. The zero-order chi connectivity index (χ0) is 21.5. The lowest BCUT2D eigenvalue weighted by Crippen LogP contribution is -2.47. The van der Waals surface area contributed by atoms with E-state index in [-0.39, 0.29) is 24.4 Å². The quantitative estimate of drug-likeness (QED) is 0.511. The molecule has 1 aromatic carbocycles. The van der Waals surface area contributed by atoms with Crippen LogP contribution in [0.5, 0.6) is 0 Å². The molecule has 0 aliphatic carbocycles. The van der Waals surface area contributed by atoms with Gasteiger partial charge in [-0.05, 0) is 41.3 Å². The average Bonchev–Trinajstić information content (AvgIpc) is 3.21. The highest BCUT2D eigenvalue weighted by Gasteiger charge is 2.33. The van der Waals surface area contributed by atoms with Gasteiger partial charge in [0, 0.05) is 24.4 Å². The van der Waals surface area contributed by atoms with Gasteiger partial charge in [0.15, 0.2) is 0 Å².